The van der Waals surface area contributed by atoms with Crippen molar-refractivity contribution in [1.82, 2.24) is 0 Å². The van der Waals surface area contributed by atoms with E-state index in [-0.39, 0.29) is 5.91 Å². The second kappa shape index (κ2) is 5.64. The Kier molecular flexibility index (Phi) is 3.92. The van der Waals surface area contributed by atoms with Crippen molar-refractivity contribution in [2.24, 2.45) is 0 Å². The van der Waals surface area contributed by atoms with Crippen molar-refractivity contribution >= 4 is 28.9 Å². The Labute approximate surface area is 121 Å². The Morgan fingerprint density at radius 1 is 1.35 bits per heavy atom. The molecule has 0 fully saturated rings. The first-order valence-electron chi connectivity index (χ1n) is 5.89. The van der Waals surface area contributed by atoms with Crippen LogP contribution >= 0.6 is 11.6 Å². The zero-order valence-corrected chi connectivity index (χ0v) is 11.5. The molecule has 2 aromatic rings. The van der Waals surface area contributed by atoms with Gasteiger partial charge in [-0.15, -0.1) is 0 Å². The van der Waals surface area contributed by atoms with E-state index in [1.165, 1.54) is 0 Å². The van der Waals surface area contributed by atoms with Crippen molar-refractivity contribution in [2.45, 2.75) is 6.92 Å². The van der Waals surface area contributed by atoms with Gasteiger partial charge in [0, 0.05) is 16.9 Å². The number of nitrogens with zero attached hydrogens (tertiary/aromatic N) is 1. The number of amides is 1. The maximum atomic E-state index is 12.2. The van der Waals surface area contributed by atoms with Crippen LogP contribution in [0.25, 0.3) is 0 Å². The summed E-state index contributed by atoms with van der Waals surface area (Å²) in [6.07, 6.45) is 0. The molecule has 5 heteroatoms. The third kappa shape index (κ3) is 2.73. The molecule has 20 heavy (non-hydrogen) atoms. The van der Waals surface area contributed by atoms with Crippen LogP contribution in [0.3, 0.4) is 0 Å². The number of nitrogens with two attached hydrogens (primary N) is 1. The van der Waals surface area contributed by atoms with Crippen molar-refractivity contribution in [3.63, 3.8) is 0 Å². The molecule has 4 nitrogen and oxygen atoms in total. The SMILES string of the molecule is Cc1c(N)cccc1C(=O)Nc1ccc(C#N)c(Cl)c1. The van der Waals surface area contributed by atoms with E-state index in [4.69, 9.17) is 22.6 Å². The highest BCUT2D eigenvalue weighted by atomic mass is 35.5. The highest BCUT2D eigenvalue weighted by Gasteiger charge is 2.11. The summed E-state index contributed by atoms with van der Waals surface area (Å²) in [7, 11) is 0. The predicted molar refractivity (Wildman–Crippen MR) is 79.7 cm³/mol. The number of nitrogen functional groups attached to an aromatic ring is 1. The molecule has 100 valence electrons. The lowest BCUT2D eigenvalue weighted by atomic mass is 10.1. The van der Waals surface area contributed by atoms with Gasteiger partial charge in [-0.05, 0) is 42.8 Å². The quantitative estimate of drug-likeness (QED) is 0.831. The molecule has 2 rings (SSSR count). The number of anilines is 2. The maximum Gasteiger partial charge on any atom is 0.256 e. The first kappa shape index (κ1) is 13.9. The topological polar surface area (TPSA) is 78.9 Å². The molecular weight excluding hydrogens is 274 g/mol. The zero-order valence-electron chi connectivity index (χ0n) is 10.8. The number of rotatable bonds is 2. The third-order valence-corrected chi connectivity index (χ3v) is 3.28. The van der Waals surface area contributed by atoms with Gasteiger partial charge in [0.1, 0.15) is 6.07 Å². The van der Waals surface area contributed by atoms with Gasteiger partial charge in [-0.2, -0.15) is 5.26 Å². The van der Waals surface area contributed by atoms with Crippen LogP contribution < -0.4 is 11.1 Å². The minimum absolute atomic E-state index is 0.268. The minimum atomic E-state index is -0.268. The molecular formula is C15H12ClN3O. The Bertz CT molecular complexity index is 720. The standard InChI is InChI=1S/C15H12ClN3O/c1-9-12(3-2-4-14(9)18)15(20)19-11-6-5-10(8-17)13(16)7-11/h2-7H,18H2,1H3,(H,19,20). The number of carbonyl (C=O) groups is 1. The molecule has 0 saturated carbocycles. The van der Waals surface area contributed by atoms with E-state index >= 15 is 0 Å². The highest BCUT2D eigenvalue weighted by molar-refractivity contribution is 6.32. The van der Waals surface area contributed by atoms with Crippen LogP contribution in [-0.4, -0.2) is 5.91 Å². The van der Waals surface area contributed by atoms with E-state index in [0.717, 1.165) is 5.56 Å². The second-order valence-corrected chi connectivity index (χ2v) is 4.69. The van der Waals surface area contributed by atoms with Crippen molar-refractivity contribution in [2.75, 3.05) is 11.1 Å². The molecule has 0 bridgehead atoms. The molecule has 1 amide bonds. The lowest BCUT2D eigenvalue weighted by molar-refractivity contribution is 0.102. The molecule has 0 aliphatic carbocycles. The van der Waals surface area contributed by atoms with Crippen LogP contribution in [0.4, 0.5) is 11.4 Å². The third-order valence-electron chi connectivity index (χ3n) is 2.97. The summed E-state index contributed by atoms with van der Waals surface area (Å²) in [6.45, 7) is 1.79. The normalized spacial score (nSPS) is 9.85. The van der Waals surface area contributed by atoms with Gasteiger partial charge in [-0.25, -0.2) is 0 Å². The van der Waals surface area contributed by atoms with Crippen molar-refractivity contribution in [3.8, 4) is 6.07 Å². The molecule has 0 aromatic heterocycles. The minimum Gasteiger partial charge on any atom is -0.398 e. The Hall–Kier alpha value is -2.51. The number of carbonyl (C=O) groups excluding carboxylic acids is 1. The van der Waals surface area contributed by atoms with Gasteiger partial charge >= 0.3 is 0 Å². The van der Waals surface area contributed by atoms with E-state index in [0.29, 0.717) is 27.5 Å². The average molecular weight is 286 g/mol. The summed E-state index contributed by atoms with van der Waals surface area (Å²) in [5, 5.41) is 11.8. The summed E-state index contributed by atoms with van der Waals surface area (Å²) in [4.78, 5) is 12.2. The fourth-order valence-electron chi connectivity index (χ4n) is 1.78. The Balaban J connectivity index is 2.26. The van der Waals surface area contributed by atoms with Crippen molar-refractivity contribution in [3.05, 3.63) is 58.1 Å². The summed E-state index contributed by atoms with van der Waals surface area (Å²) in [6, 6.07) is 11.9. The molecule has 2 aromatic carbocycles. The van der Waals surface area contributed by atoms with Gasteiger partial charge in [-0.3, -0.25) is 4.79 Å². The highest BCUT2D eigenvalue weighted by Crippen LogP contribution is 2.22. The van der Waals surface area contributed by atoms with Crippen LogP contribution in [0.5, 0.6) is 0 Å². The smallest absolute Gasteiger partial charge is 0.256 e. The molecule has 0 atom stereocenters. The van der Waals surface area contributed by atoms with Gasteiger partial charge in [0.05, 0.1) is 10.6 Å². The number of hydrogen-bond acceptors (Lipinski definition) is 3. The molecule has 0 spiro atoms. The average Bonchev–Trinajstić information content (AvgIpc) is 2.42. The van der Waals surface area contributed by atoms with Crippen molar-refractivity contribution in [1.29, 1.82) is 5.26 Å². The molecule has 0 saturated heterocycles. The lowest BCUT2D eigenvalue weighted by Crippen LogP contribution is -2.14. The maximum absolute atomic E-state index is 12.2. The van der Waals surface area contributed by atoms with Gasteiger partial charge in [-0.1, -0.05) is 17.7 Å². The van der Waals surface area contributed by atoms with Crippen LogP contribution in [-0.2, 0) is 0 Å². The summed E-state index contributed by atoms with van der Waals surface area (Å²) >= 11 is 5.92. The zero-order chi connectivity index (χ0) is 14.7. The first-order chi connectivity index (χ1) is 9.52. The van der Waals surface area contributed by atoms with E-state index in [9.17, 15) is 4.79 Å². The largest absolute Gasteiger partial charge is 0.398 e. The number of halogens is 1. The molecule has 3 N–H and O–H groups in total. The molecule has 0 aliphatic heterocycles. The van der Waals surface area contributed by atoms with Crippen LogP contribution in [0.1, 0.15) is 21.5 Å². The number of nitrogens with one attached hydrogen (secondary N) is 1. The summed E-state index contributed by atoms with van der Waals surface area (Å²) in [5.74, 6) is -0.268. The van der Waals surface area contributed by atoms with Crippen molar-refractivity contribution < 1.29 is 4.79 Å². The number of nitriles is 1. The van der Waals surface area contributed by atoms with E-state index in [2.05, 4.69) is 5.32 Å². The molecule has 0 radical (unpaired) electrons. The Morgan fingerprint density at radius 3 is 2.75 bits per heavy atom. The van der Waals surface area contributed by atoms with Gasteiger partial charge in [0.15, 0.2) is 0 Å². The van der Waals surface area contributed by atoms with Gasteiger partial charge in [0.2, 0.25) is 0 Å². The van der Waals surface area contributed by atoms with Crippen LogP contribution in [0.2, 0.25) is 5.02 Å². The molecule has 0 heterocycles. The second-order valence-electron chi connectivity index (χ2n) is 4.28. The molecule has 0 aliphatic rings. The van der Waals surface area contributed by atoms with E-state index in [1.54, 1.807) is 43.3 Å². The summed E-state index contributed by atoms with van der Waals surface area (Å²) in [5.41, 5.74) is 8.47. The number of hydrogen-bond donors (Lipinski definition) is 2. The van der Waals surface area contributed by atoms with Gasteiger partial charge < -0.3 is 11.1 Å². The van der Waals surface area contributed by atoms with Gasteiger partial charge in [0.25, 0.3) is 5.91 Å². The van der Waals surface area contributed by atoms with E-state index in [1.807, 2.05) is 6.07 Å². The van der Waals surface area contributed by atoms with Crippen LogP contribution in [0.15, 0.2) is 36.4 Å². The Morgan fingerprint density at radius 2 is 2.10 bits per heavy atom. The fourth-order valence-corrected chi connectivity index (χ4v) is 2.00. The lowest BCUT2D eigenvalue weighted by Gasteiger charge is -2.09. The monoisotopic (exact) mass is 285 g/mol. The van der Waals surface area contributed by atoms with Crippen LogP contribution in [0, 0.1) is 18.3 Å². The summed E-state index contributed by atoms with van der Waals surface area (Å²) < 4.78 is 0. The predicted octanol–water partition coefficient (Wildman–Crippen LogP) is 3.35. The fraction of sp³-hybridized carbons (Fsp3) is 0.0667. The first-order valence-corrected chi connectivity index (χ1v) is 6.27. The number of benzene rings is 2. The van der Waals surface area contributed by atoms with E-state index < -0.39 is 0 Å². The molecule has 0 unspecified atom stereocenters.